The number of rotatable bonds is 5. The summed E-state index contributed by atoms with van der Waals surface area (Å²) in [4.78, 5) is 19.7. The first-order valence-corrected chi connectivity index (χ1v) is 10.1. The molecule has 26 heavy (non-hydrogen) atoms. The van der Waals surface area contributed by atoms with Crippen LogP contribution < -0.4 is 69.3 Å². The van der Waals surface area contributed by atoms with Gasteiger partial charge in [0, 0.05) is 12.4 Å². The molecule has 1 N–H and O–H groups in total. The summed E-state index contributed by atoms with van der Waals surface area (Å²) in [6.45, 7) is 0. The molecule has 0 aliphatic heterocycles. The van der Waals surface area contributed by atoms with Crippen LogP contribution in [0.15, 0.2) is 0 Å². The van der Waals surface area contributed by atoms with Gasteiger partial charge in [0.1, 0.15) is 5.25 Å². The minimum atomic E-state index is -4.94. The number of carboxylic acid groups (broad SMARTS) is 2. The maximum absolute atomic E-state index is 10.2. The van der Waals surface area contributed by atoms with E-state index in [1.165, 1.54) is 38.5 Å². The van der Waals surface area contributed by atoms with Crippen molar-refractivity contribution in [3.63, 3.8) is 0 Å². The third-order valence-corrected chi connectivity index (χ3v) is 6.02. The van der Waals surface area contributed by atoms with E-state index in [1.807, 2.05) is 0 Å². The Morgan fingerprint density at radius 1 is 0.846 bits per heavy atom. The Balaban J connectivity index is 0. The van der Waals surface area contributed by atoms with Crippen LogP contribution in [-0.4, -0.2) is 30.2 Å². The van der Waals surface area contributed by atoms with E-state index in [0.717, 1.165) is 11.8 Å². The molecule has 2 saturated carbocycles. The van der Waals surface area contributed by atoms with Crippen LogP contribution in [0.25, 0.3) is 0 Å². The Hall–Kier alpha value is 0.850. The summed E-state index contributed by atoms with van der Waals surface area (Å²) in [5, 5.41) is 17.3. The fourth-order valence-corrected chi connectivity index (χ4v) is 4.26. The fraction of sp³-hybridized carbons (Fsp3) is 0.875. The van der Waals surface area contributed by atoms with E-state index >= 15 is 0 Å². The van der Waals surface area contributed by atoms with Gasteiger partial charge in [0.25, 0.3) is 10.1 Å². The van der Waals surface area contributed by atoms with Crippen molar-refractivity contribution in [1.82, 2.24) is 0 Å². The maximum Gasteiger partial charge on any atom is 1.00 e. The average molecular weight is 408 g/mol. The van der Waals surface area contributed by atoms with Crippen molar-refractivity contribution in [3.8, 4) is 0 Å². The van der Waals surface area contributed by atoms with Gasteiger partial charge >= 0.3 is 59.1 Å². The molecule has 1 unspecified atom stereocenters. The average Bonchev–Trinajstić information content (AvgIpc) is 2.53. The Morgan fingerprint density at radius 2 is 1.19 bits per heavy atom. The number of hydrogen-bond acceptors (Lipinski definition) is 6. The molecule has 0 spiro atoms. The zero-order valence-corrected chi connectivity index (χ0v) is 20.6. The molecule has 0 aromatic heterocycles. The molecule has 0 amide bonds. The van der Waals surface area contributed by atoms with Crippen LogP contribution in [0, 0.1) is 11.8 Å². The van der Waals surface area contributed by atoms with Gasteiger partial charge in [-0.3, -0.25) is 4.55 Å². The second-order valence-corrected chi connectivity index (χ2v) is 8.29. The summed E-state index contributed by atoms with van der Waals surface area (Å²) >= 11 is 0. The van der Waals surface area contributed by atoms with Crippen molar-refractivity contribution in [1.29, 1.82) is 0 Å². The molecule has 140 valence electrons. The van der Waals surface area contributed by atoms with Crippen molar-refractivity contribution in [2.45, 2.75) is 75.9 Å². The molecular formula is C16H26Na2O7S. The Kier molecular flexibility index (Phi) is 16.5. The van der Waals surface area contributed by atoms with Gasteiger partial charge in [-0.1, -0.05) is 64.2 Å². The van der Waals surface area contributed by atoms with E-state index in [2.05, 4.69) is 0 Å². The van der Waals surface area contributed by atoms with Gasteiger partial charge < -0.3 is 19.8 Å². The van der Waals surface area contributed by atoms with Crippen LogP contribution in [0.5, 0.6) is 0 Å². The monoisotopic (exact) mass is 408 g/mol. The van der Waals surface area contributed by atoms with Gasteiger partial charge in [0.15, 0.2) is 0 Å². The van der Waals surface area contributed by atoms with Crippen LogP contribution in [0.3, 0.4) is 0 Å². The van der Waals surface area contributed by atoms with Crippen molar-refractivity contribution in [2.24, 2.45) is 11.8 Å². The molecule has 0 saturated heterocycles. The predicted molar refractivity (Wildman–Crippen MR) is 83.1 cm³/mol. The summed E-state index contributed by atoms with van der Waals surface area (Å²) in [7, 11) is -4.94. The minimum absolute atomic E-state index is 0. The topological polar surface area (TPSA) is 135 Å². The van der Waals surface area contributed by atoms with Crippen LogP contribution in [0.2, 0.25) is 0 Å². The van der Waals surface area contributed by atoms with E-state index in [9.17, 15) is 28.2 Å². The van der Waals surface area contributed by atoms with E-state index in [0.29, 0.717) is 0 Å². The van der Waals surface area contributed by atoms with Crippen molar-refractivity contribution in [2.75, 3.05) is 0 Å². The second-order valence-electron chi connectivity index (χ2n) is 6.69. The van der Waals surface area contributed by atoms with Crippen LogP contribution in [0.4, 0.5) is 0 Å². The van der Waals surface area contributed by atoms with E-state index in [-0.39, 0.29) is 59.1 Å². The number of carbonyl (C=O) groups excluding carboxylic acids is 2. The minimum Gasteiger partial charge on any atom is -0.550 e. The molecular weight excluding hydrogens is 382 g/mol. The quantitative estimate of drug-likeness (QED) is 0.354. The molecule has 2 aliphatic rings. The molecule has 0 heterocycles. The number of carboxylic acids is 2. The Labute approximate surface area is 200 Å². The molecule has 0 aromatic carbocycles. The molecule has 1 atom stereocenters. The van der Waals surface area contributed by atoms with Crippen LogP contribution >= 0.6 is 0 Å². The zero-order valence-electron chi connectivity index (χ0n) is 15.8. The van der Waals surface area contributed by atoms with Crippen molar-refractivity contribution in [3.05, 3.63) is 0 Å². The van der Waals surface area contributed by atoms with Crippen molar-refractivity contribution >= 4 is 22.1 Å². The van der Waals surface area contributed by atoms with E-state index < -0.39 is 33.7 Å². The Bertz CT molecular complexity index is 497. The second kappa shape index (κ2) is 14.8. The SMILES string of the molecule is C1CCC(C2CCCCC2)CC1.O=C([O-])CC(C(=O)[O-])S(=O)(=O)O.[Na+].[Na+]. The van der Waals surface area contributed by atoms with Gasteiger partial charge in [-0.15, -0.1) is 0 Å². The van der Waals surface area contributed by atoms with E-state index in [4.69, 9.17) is 4.55 Å². The summed E-state index contributed by atoms with van der Waals surface area (Å²) in [6.07, 6.45) is 14.1. The molecule has 2 aliphatic carbocycles. The van der Waals surface area contributed by atoms with Gasteiger partial charge in [-0.05, 0) is 11.8 Å². The van der Waals surface area contributed by atoms with Gasteiger partial charge in [-0.25, -0.2) is 0 Å². The zero-order chi connectivity index (χ0) is 18.2. The number of aliphatic carboxylic acids is 2. The maximum atomic E-state index is 10.2. The van der Waals surface area contributed by atoms with Crippen molar-refractivity contribution < 1.29 is 91.9 Å². The number of carbonyl (C=O) groups is 2. The molecule has 2 rings (SSSR count). The first-order valence-electron chi connectivity index (χ1n) is 8.58. The smallest absolute Gasteiger partial charge is 0.550 e. The van der Waals surface area contributed by atoms with Gasteiger partial charge in [-0.2, -0.15) is 8.42 Å². The summed E-state index contributed by atoms with van der Waals surface area (Å²) in [6, 6.07) is 0. The molecule has 0 aromatic rings. The first kappa shape index (κ1) is 29.1. The van der Waals surface area contributed by atoms with Gasteiger partial charge in [0.2, 0.25) is 0 Å². The normalized spacial score (nSPS) is 19.7. The molecule has 2 fully saturated rings. The standard InChI is InChI=1S/C12H22.C4H6O7S.2Na/c1-3-7-11(8-4-1)12-9-5-2-6-10-12;5-3(6)1-2(4(7)8)12(9,10)11;;/h11-12H,1-10H2;2H,1H2,(H,5,6)(H,7,8)(H,9,10,11);;/q;;2*+1/p-2. The summed E-state index contributed by atoms with van der Waals surface area (Å²) < 4.78 is 28.5. The van der Waals surface area contributed by atoms with Crippen LogP contribution in [-0.2, 0) is 19.7 Å². The van der Waals surface area contributed by atoms with Crippen LogP contribution in [0.1, 0.15) is 70.6 Å². The third-order valence-electron chi connectivity index (χ3n) is 4.94. The Morgan fingerprint density at radius 3 is 1.38 bits per heavy atom. The van der Waals surface area contributed by atoms with Gasteiger partial charge in [0.05, 0.1) is 5.97 Å². The third kappa shape index (κ3) is 11.6. The molecule has 7 nitrogen and oxygen atoms in total. The number of hydrogen-bond donors (Lipinski definition) is 1. The molecule has 0 bridgehead atoms. The fourth-order valence-electron chi connectivity index (χ4n) is 3.67. The first-order chi connectivity index (χ1) is 11.2. The summed E-state index contributed by atoms with van der Waals surface area (Å²) in [5.41, 5.74) is 0. The molecule has 0 radical (unpaired) electrons. The summed E-state index contributed by atoms with van der Waals surface area (Å²) in [5.74, 6) is -1.80. The predicted octanol–water partition coefficient (Wildman–Crippen LogP) is -5.71. The largest absolute Gasteiger partial charge is 1.00 e. The molecule has 10 heteroatoms. The van der Waals surface area contributed by atoms with E-state index in [1.54, 1.807) is 25.7 Å².